The average Bonchev–Trinajstić information content (AvgIpc) is 3.45. The highest BCUT2D eigenvalue weighted by Gasteiger charge is 2.53. The van der Waals surface area contributed by atoms with Crippen molar-refractivity contribution in [2.45, 2.75) is 19.9 Å². The normalized spacial score (nSPS) is 24.5. The molecule has 5 rings (SSSR count). The first kappa shape index (κ1) is 18.3. The summed E-state index contributed by atoms with van der Waals surface area (Å²) in [6.45, 7) is 5.49. The molecule has 0 radical (unpaired) electrons. The number of aliphatic hydroxyl groups is 1. The number of carbonyl (C=O) groups is 1. The molecule has 0 aliphatic carbocycles. The van der Waals surface area contributed by atoms with Gasteiger partial charge in [0.25, 0.3) is 0 Å². The Kier molecular flexibility index (Phi) is 4.36. The fourth-order valence-corrected chi connectivity index (χ4v) is 4.81. The smallest absolute Gasteiger partial charge is 0.230 e. The number of fused-ring (bicyclic) bond motifs is 2. The Morgan fingerprint density at radius 1 is 1.38 bits per heavy atom. The fraction of sp³-hybridized carbons (Fsp3) is 0.500. The van der Waals surface area contributed by atoms with Crippen LogP contribution in [0.2, 0.25) is 0 Å². The Balaban J connectivity index is 1.26. The largest absolute Gasteiger partial charge is 0.396 e. The molecule has 2 unspecified atom stereocenters. The van der Waals surface area contributed by atoms with Crippen molar-refractivity contribution >= 4 is 11.6 Å². The minimum atomic E-state index is -0.274. The Morgan fingerprint density at radius 2 is 2.28 bits per heavy atom. The van der Waals surface area contributed by atoms with Crippen LogP contribution in [0.4, 0.5) is 0 Å². The zero-order valence-electron chi connectivity index (χ0n) is 16.4. The van der Waals surface area contributed by atoms with Crippen molar-refractivity contribution in [1.82, 2.24) is 29.6 Å². The second-order valence-corrected chi connectivity index (χ2v) is 8.33. The lowest BCUT2D eigenvalue weighted by Crippen LogP contribution is -2.39. The Bertz CT molecular complexity index is 1050. The Morgan fingerprint density at radius 3 is 3.03 bits per heavy atom. The SMILES string of the molecule is Cc1cc(CC(=O)N2CC3CN(Cc4cnn5cccnc45)CC3(CO)C2)on1. The lowest BCUT2D eigenvalue weighted by molar-refractivity contribution is -0.130. The van der Waals surface area contributed by atoms with Gasteiger partial charge in [-0.15, -0.1) is 0 Å². The molecule has 0 spiro atoms. The summed E-state index contributed by atoms with van der Waals surface area (Å²) in [5.74, 6) is 0.870. The molecule has 0 bridgehead atoms. The quantitative estimate of drug-likeness (QED) is 0.671. The monoisotopic (exact) mass is 396 g/mol. The number of hydrogen-bond acceptors (Lipinski definition) is 7. The molecule has 1 amide bonds. The van der Waals surface area contributed by atoms with Crippen LogP contribution in [0.25, 0.3) is 5.65 Å². The summed E-state index contributed by atoms with van der Waals surface area (Å²) in [5, 5.41) is 18.4. The number of nitrogens with zero attached hydrogens (tertiary/aromatic N) is 6. The van der Waals surface area contributed by atoms with Crippen LogP contribution < -0.4 is 0 Å². The van der Waals surface area contributed by atoms with Gasteiger partial charge in [0.2, 0.25) is 5.91 Å². The van der Waals surface area contributed by atoms with Crippen molar-refractivity contribution in [2.75, 3.05) is 32.8 Å². The maximum absolute atomic E-state index is 12.7. The summed E-state index contributed by atoms with van der Waals surface area (Å²) in [6.07, 6.45) is 5.73. The molecular weight excluding hydrogens is 372 g/mol. The molecule has 2 atom stereocenters. The van der Waals surface area contributed by atoms with Gasteiger partial charge >= 0.3 is 0 Å². The van der Waals surface area contributed by atoms with Gasteiger partial charge in [0.1, 0.15) is 5.76 Å². The van der Waals surface area contributed by atoms with Gasteiger partial charge in [-0.3, -0.25) is 9.69 Å². The lowest BCUT2D eigenvalue weighted by atomic mass is 9.82. The van der Waals surface area contributed by atoms with Crippen molar-refractivity contribution in [3.05, 3.63) is 47.7 Å². The van der Waals surface area contributed by atoms with E-state index in [2.05, 4.69) is 20.1 Å². The summed E-state index contributed by atoms with van der Waals surface area (Å²) in [4.78, 5) is 21.4. The topological polar surface area (TPSA) is 100 Å². The second-order valence-electron chi connectivity index (χ2n) is 8.33. The summed E-state index contributed by atoms with van der Waals surface area (Å²) in [6, 6.07) is 3.65. The number of rotatable bonds is 5. The van der Waals surface area contributed by atoms with Gasteiger partial charge in [-0.2, -0.15) is 5.10 Å². The molecular formula is C20H24N6O3. The molecule has 5 heterocycles. The molecule has 3 aromatic heterocycles. The van der Waals surface area contributed by atoms with Crippen LogP contribution in [0.15, 0.2) is 35.2 Å². The van der Waals surface area contributed by atoms with E-state index in [0.717, 1.165) is 36.5 Å². The molecule has 29 heavy (non-hydrogen) atoms. The van der Waals surface area contributed by atoms with E-state index in [4.69, 9.17) is 4.52 Å². The summed E-state index contributed by atoms with van der Waals surface area (Å²) in [5.41, 5.74) is 2.44. The highest BCUT2D eigenvalue weighted by molar-refractivity contribution is 5.78. The third-order valence-electron chi connectivity index (χ3n) is 6.25. The average molecular weight is 396 g/mol. The predicted octanol–water partition coefficient (Wildman–Crippen LogP) is 0.521. The number of aromatic nitrogens is 4. The molecule has 2 aliphatic rings. The van der Waals surface area contributed by atoms with E-state index in [1.807, 2.05) is 30.3 Å². The van der Waals surface area contributed by atoms with Crippen LogP contribution >= 0.6 is 0 Å². The molecule has 9 nitrogen and oxygen atoms in total. The predicted molar refractivity (Wildman–Crippen MR) is 103 cm³/mol. The maximum Gasteiger partial charge on any atom is 0.230 e. The molecule has 1 N–H and O–H groups in total. The number of amides is 1. The molecule has 2 saturated heterocycles. The van der Waals surface area contributed by atoms with Gasteiger partial charge < -0.3 is 14.5 Å². The highest BCUT2D eigenvalue weighted by atomic mass is 16.5. The second kappa shape index (κ2) is 6.93. The lowest BCUT2D eigenvalue weighted by Gasteiger charge is -2.27. The van der Waals surface area contributed by atoms with Crippen LogP contribution in [-0.4, -0.2) is 73.4 Å². The van der Waals surface area contributed by atoms with E-state index in [1.165, 1.54) is 0 Å². The molecule has 0 saturated carbocycles. The highest BCUT2D eigenvalue weighted by Crippen LogP contribution is 2.42. The van der Waals surface area contributed by atoms with Crippen LogP contribution in [0, 0.1) is 18.3 Å². The number of aryl methyl sites for hydroxylation is 1. The number of likely N-dealkylation sites (tertiary alicyclic amines) is 2. The molecule has 2 fully saturated rings. The van der Waals surface area contributed by atoms with Gasteiger partial charge in [0.05, 0.1) is 24.9 Å². The molecule has 3 aromatic rings. The number of hydrogen-bond donors (Lipinski definition) is 1. The van der Waals surface area contributed by atoms with Crippen molar-refractivity contribution < 1.29 is 14.4 Å². The maximum atomic E-state index is 12.7. The number of aliphatic hydroxyl groups excluding tert-OH is 1. The van der Waals surface area contributed by atoms with E-state index in [-0.39, 0.29) is 30.3 Å². The van der Waals surface area contributed by atoms with Crippen LogP contribution in [-0.2, 0) is 17.8 Å². The van der Waals surface area contributed by atoms with Gasteiger partial charge in [0, 0.05) is 62.2 Å². The summed E-state index contributed by atoms with van der Waals surface area (Å²) < 4.78 is 6.96. The Hall–Kier alpha value is -2.78. The zero-order valence-corrected chi connectivity index (χ0v) is 16.4. The molecule has 2 aliphatic heterocycles. The van der Waals surface area contributed by atoms with Gasteiger partial charge in [-0.1, -0.05) is 5.16 Å². The molecule has 0 aromatic carbocycles. The van der Waals surface area contributed by atoms with Crippen LogP contribution in [0.5, 0.6) is 0 Å². The number of carbonyl (C=O) groups excluding carboxylic acids is 1. The Labute approximate surface area is 167 Å². The standard InChI is InChI=1S/C20H24N6O3/c1-14-5-17(29-23-14)6-18(28)25-10-16-9-24(11-20(16,12-25)13-27)8-15-7-22-26-4-2-3-21-19(15)26/h2-5,7,16,27H,6,8-13H2,1H3. The van der Waals surface area contributed by atoms with Crippen LogP contribution in [0.1, 0.15) is 17.0 Å². The van der Waals surface area contributed by atoms with E-state index in [9.17, 15) is 9.90 Å². The fourth-order valence-electron chi connectivity index (χ4n) is 4.81. The minimum Gasteiger partial charge on any atom is -0.396 e. The first-order chi connectivity index (χ1) is 14.1. The van der Waals surface area contributed by atoms with E-state index in [1.54, 1.807) is 16.8 Å². The van der Waals surface area contributed by atoms with Crippen molar-refractivity contribution in [2.24, 2.45) is 11.3 Å². The first-order valence-corrected chi connectivity index (χ1v) is 9.87. The molecule has 152 valence electrons. The van der Waals surface area contributed by atoms with Crippen molar-refractivity contribution in [3.63, 3.8) is 0 Å². The van der Waals surface area contributed by atoms with E-state index >= 15 is 0 Å². The molecule has 9 heteroatoms. The van der Waals surface area contributed by atoms with E-state index in [0.29, 0.717) is 18.8 Å². The van der Waals surface area contributed by atoms with Gasteiger partial charge in [-0.05, 0) is 18.9 Å². The third kappa shape index (κ3) is 3.20. The van der Waals surface area contributed by atoms with Crippen molar-refractivity contribution in [1.29, 1.82) is 0 Å². The minimum absolute atomic E-state index is 0.0294. The van der Waals surface area contributed by atoms with E-state index < -0.39 is 0 Å². The first-order valence-electron chi connectivity index (χ1n) is 9.87. The van der Waals surface area contributed by atoms with Crippen molar-refractivity contribution in [3.8, 4) is 0 Å². The summed E-state index contributed by atoms with van der Waals surface area (Å²) in [7, 11) is 0. The summed E-state index contributed by atoms with van der Waals surface area (Å²) >= 11 is 0. The third-order valence-corrected chi connectivity index (χ3v) is 6.25. The van der Waals surface area contributed by atoms with Crippen LogP contribution in [0.3, 0.4) is 0 Å². The van der Waals surface area contributed by atoms with Gasteiger partial charge in [0.15, 0.2) is 5.65 Å². The zero-order chi connectivity index (χ0) is 20.0. The van der Waals surface area contributed by atoms with Gasteiger partial charge in [-0.25, -0.2) is 9.50 Å².